The van der Waals surface area contributed by atoms with Gasteiger partial charge in [-0.2, -0.15) is 4.31 Å². The SMILES string of the molecule is O=C(NC(CCCC1=CCCC=C1)CCCC1=CCCC=C1)C1CCCCN1C(=O)c1ccc(Oc2ccc(S(=O)(=O)N3CCCCC3)cc2)cc1. The standard InChI is InChI=1S/C43H55N3O5S/c47-42(44-37(20-12-18-34-14-4-1-5-15-34)21-13-19-35-16-6-2-7-17-35)41-22-8-11-33-46(41)43(48)36-23-25-38(26-24-36)51-39-27-29-40(30-28-39)52(49,50)45-31-9-3-10-32-45/h4,6,14-17,23-30,37,41H,1-3,5,7-13,18-22,31-33H2,(H,44,47). The molecule has 2 amide bonds. The number of hydrogen-bond donors (Lipinski definition) is 1. The summed E-state index contributed by atoms with van der Waals surface area (Å²) in [4.78, 5) is 29.8. The zero-order chi connectivity index (χ0) is 36.2. The lowest BCUT2D eigenvalue weighted by Crippen LogP contribution is -2.53. The zero-order valence-electron chi connectivity index (χ0n) is 30.5. The van der Waals surface area contributed by atoms with E-state index in [1.165, 1.54) is 11.1 Å². The van der Waals surface area contributed by atoms with Crippen molar-refractivity contribution in [2.75, 3.05) is 19.6 Å². The summed E-state index contributed by atoms with van der Waals surface area (Å²) in [5, 5.41) is 3.40. The molecule has 1 N–H and O–H groups in total. The van der Waals surface area contributed by atoms with Gasteiger partial charge in [-0.15, -0.1) is 0 Å². The van der Waals surface area contributed by atoms with Crippen LogP contribution in [0.3, 0.4) is 0 Å². The monoisotopic (exact) mass is 725 g/mol. The van der Waals surface area contributed by atoms with Crippen molar-refractivity contribution in [2.45, 2.75) is 120 Å². The molecule has 2 aromatic carbocycles. The average molecular weight is 726 g/mol. The summed E-state index contributed by atoms with van der Waals surface area (Å²) < 4.78 is 33.6. The van der Waals surface area contributed by atoms with E-state index in [9.17, 15) is 18.0 Å². The molecule has 8 nitrogen and oxygen atoms in total. The fraction of sp³-hybridized carbons (Fsp3) is 0.488. The van der Waals surface area contributed by atoms with E-state index < -0.39 is 16.1 Å². The number of piperidine rings is 2. The number of ether oxygens (including phenoxy) is 1. The predicted octanol–water partition coefficient (Wildman–Crippen LogP) is 9.03. The number of hydrogen-bond acceptors (Lipinski definition) is 5. The summed E-state index contributed by atoms with van der Waals surface area (Å²) in [7, 11) is -3.51. The van der Waals surface area contributed by atoms with Gasteiger partial charge in [-0.1, -0.05) is 54.0 Å². The van der Waals surface area contributed by atoms with Crippen LogP contribution in [-0.2, 0) is 14.8 Å². The Morgan fingerprint density at radius 3 is 1.88 bits per heavy atom. The number of sulfonamides is 1. The topological polar surface area (TPSA) is 96.0 Å². The van der Waals surface area contributed by atoms with Gasteiger partial charge in [-0.05, 0) is 145 Å². The molecule has 4 aliphatic rings. The van der Waals surface area contributed by atoms with Crippen molar-refractivity contribution in [3.63, 3.8) is 0 Å². The first kappa shape index (κ1) is 37.8. The Kier molecular flexibility index (Phi) is 13.6. The molecule has 0 radical (unpaired) electrons. The molecule has 52 heavy (non-hydrogen) atoms. The highest BCUT2D eigenvalue weighted by Gasteiger charge is 2.33. The van der Waals surface area contributed by atoms with Crippen molar-refractivity contribution in [3.05, 3.63) is 102 Å². The maximum absolute atomic E-state index is 13.9. The Labute approximate surface area is 310 Å². The van der Waals surface area contributed by atoms with E-state index in [0.717, 1.165) is 96.3 Å². The maximum Gasteiger partial charge on any atom is 0.254 e. The minimum atomic E-state index is -3.51. The molecular weight excluding hydrogens is 671 g/mol. The minimum Gasteiger partial charge on any atom is -0.457 e. The van der Waals surface area contributed by atoms with Crippen LogP contribution in [0.2, 0.25) is 0 Å². The third kappa shape index (κ3) is 10.3. The summed E-state index contributed by atoms with van der Waals surface area (Å²) in [6, 6.07) is 13.0. The van der Waals surface area contributed by atoms with Gasteiger partial charge in [-0.25, -0.2) is 8.42 Å². The summed E-state index contributed by atoms with van der Waals surface area (Å²) >= 11 is 0. The van der Waals surface area contributed by atoms with Crippen LogP contribution in [0, 0.1) is 0 Å². The van der Waals surface area contributed by atoms with Crippen LogP contribution in [0.1, 0.15) is 113 Å². The van der Waals surface area contributed by atoms with Gasteiger partial charge in [0.2, 0.25) is 15.9 Å². The van der Waals surface area contributed by atoms with E-state index in [0.29, 0.717) is 43.1 Å². The van der Waals surface area contributed by atoms with Crippen molar-refractivity contribution < 1.29 is 22.7 Å². The van der Waals surface area contributed by atoms with Crippen LogP contribution in [0.15, 0.2) is 101 Å². The highest BCUT2D eigenvalue weighted by molar-refractivity contribution is 7.89. The summed E-state index contributed by atoms with van der Waals surface area (Å²) in [6.45, 7) is 1.67. The first-order valence-electron chi connectivity index (χ1n) is 19.6. The number of rotatable bonds is 15. The number of nitrogens with zero attached hydrogens (tertiary/aromatic N) is 2. The lowest BCUT2D eigenvalue weighted by Gasteiger charge is -2.36. The van der Waals surface area contributed by atoms with Crippen LogP contribution < -0.4 is 10.1 Å². The second-order valence-electron chi connectivity index (χ2n) is 14.6. The zero-order valence-corrected chi connectivity index (χ0v) is 31.3. The third-order valence-corrected chi connectivity index (χ3v) is 12.6. The number of nitrogens with one attached hydrogen (secondary N) is 1. The van der Waals surface area contributed by atoms with E-state index in [1.54, 1.807) is 57.7 Å². The lowest BCUT2D eigenvalue weighted by atomic mass is 9.95. The Balaban J connectivity index is 1.05. The van der Waals surface area contributed by atoms with E-state index in [1.807, 2.05) is 0 Å². The van der Waals surface area contributed by atoms with Gasteiger partial charge in [0.1, 0.15) is 17.5 Å². The number of benzene rings is 2. The van der Waals surface area contributed by atoms with Crippen molar-refractivity contribution in [2.24, 2.45) is 0 Å². The lowest BCUT2D eigenvalue weighted by molar-refractivity contribution is -0.127. The molecule has 2 saturated heterocycles. The Morgan fingerprint density at radius 2 is 1.31 bits per heavy atom. The Bertz CT molecular complexity index is 1700. The fourth-order valence-corrected chi connectivity index (χ4v) is 9.26. The first-order chi connectivity index (χ1) is 25.4. The van der Waals surface area contributed by atoms with E-state index in [-0.39, 0.29) is 22.8 Å². The predicted molar refractivity (Wildman–Crippen MR) is 207 cm³/mol. The van der Waals surface area contributed by atoms with Gasteiger partial charge in [0, 0.05) is 31.2 Å². The van der Waals surface area contributed by atoms with Gasteiger partial charge in [0.25, 0.3) is 5.91 Å². The largest absolute Gasteiger partial charge is 0.457 e. The second kappa shape index (κ2) is 18.7. The molecule has 2 aliphatic heterocycles. The van der Waals surface area contributed by atoms with E-state index in [4.69, 9.17) is 4.74 Å². The molecule has 0 spiro atoms. The smallest absolute Gasteiger partial charge is 0.254 e. The normalized spacial score (nSPS) is 19.6. The molecule has 6 rings (SSSR count). The first-order valence-corrected chi connectivity index (χ1v) is 21.0. The second-order valence-corrected chi connectivity index (χ2v) is 16.5. The molecule has 278 valence electrons. The van der Waals surface area contributed by atoms with Crippen LogP contribution in [-0.4, -0.2) is 61.2 Å². The number of allylic oxidation sites excluding steroid dienone is 8. The minimum absolute atomic E-state index is 0.0442. The quantitative estimate of drug-likeness (QED) is 0.198. The molecule has 2 heterocycles. The van der Waals surface area contributed by atoms with Crippen LogP contribution in [0.25, 0.3) is 0 Å². The fourth-order valence-electron chi connectivity index (χ4n) is 7.75. The Morgan fingerprint density at radius 1 is 0.731 bits per heavy atom. The van der Waals surface area contributed by atoms with Gasteiger partial charge >= 0.3 is 0 Å². The van der Waals surface area contributed by atoms with Crippen LogP contribution >= 0.6 is 0 Å². The number of likely N-dealkylation sites (tertiary alicyclic amines) is 1. The molecule has 2 aromatic rings. The number of carbonyl (C=O) groups is 2. The highest BCUT2D eigenvalue weighted by Crippen LogP contribution is 2.28. The highest BCUT2D eigenvalue weighted by atomic mass is 32.2. The molecule has 2 fully saturated rings. The van der Waals surface area contributed by atoms with E-state index >= 15 is 0 Å². The molecule has 9 heteroatoms. The number of carbonyl (C=O) groups excluding carboxylic acids is 2. The summed E-state index contributed by atoms with van der Waals surface area (Å²) in [5.41, 5.74) is 3.30. The molecule has 0 aromatic heterocycles. The van der Waals surface area contributed by atoms with E-state index in [2.05, 4.69) is 41.8 Å². The molecule has 2 aliphatic carbocycles. The van der Waals surface area contributed by atoms with Crippen molar-refractivity contribution in [1.29, 1.82) is 0 Å². The molecule has 0 bridgehead atoms. The Hall–Kier alpha value is -3.95. The van der Waals surface area contributed by atoms with Crippen LogP contribution in [0.5, 0.6) is 11.5 Å². The summed E-state index contributed by atoms with van der Waals surface area (Å²) in [5.74, 6) is 0.857. The van der Waals surface area contributed by atoms with Gasteiger partial charge in [0.15, 0.2) is 0 Å². The van der Waals surface area contributed by atoms with Gasteiger partial charge in [0.05, 0.1) is 4.90 Å². The molecular formula is C43H55N3O5S. The van der Waals surface area contributed by atoms with Crippen molar-refractivity contribution in [1.82, 2.24) is 14.5 Å². The maximum atomic E-state index is 13.9. The molecule has 0 saturated carbocycles. The average Bonchev–Trinajstić information content (AvgIpc) is 3.19. The molecule has 1 unspecified atom stereocenters. The number of amides is 2. The van der Waals surface area contributed by atoms with Crippen LogP contribution in [0.4, 0.5) is 0 Å². The van der Waals surface area contributed by atoms with Gasteiger partial charge < -0.3 is 15.0 Å². The third-order valence-electron chi connectivity index (χ3n) is 10.7. The van der Waals surface area contributed by atoms with Gasteiger partial charge in [-0.3, -0.25) is 9.59 Å². The van der Waals surface area contributed by atoms with Crippen molar-refractivity contribution in [3.8, 4) is 11.5 Å². The summed E-state index contributed by atoms with van der Waals surface area (Å²) in [6.07, 6.45) is 29.3. The molecule has 1 atom stereocenters. The van der Waals surface area contributed by atoms with Crippen molar-refractivity contribution >= 4 is 21.8 Å².